The minimum atomic E-state index is -0.272. The quantitative estimate of drug-likeness (QED) is 0.819. The van der Waals surface area contributed by atoms with Gasteiger partial charge < -0.3 is 10.1 Å². The molecule has 0 radical (unpaired) electrons. The number of halogens is 2. The standard InChI is InChI=1S/C15H10Br2N2O2/c1-21-10-3-4-12(16)11(7-10)15(20)19-14-5-2-9(8-18)6-13(14)17/h2-7H,1H3,(H,19,20). The van der Waals surface area contributed by atoms with Crippen LogP contribution in [0.25, 0.3) is 0 Å². The smallest absolute Gasteiger partial charge is 0.256 e. The Kier molecular flexibility index (Phi) is 4.99. The highest BCUT2D eigenvalue weighted by Crippen LogP contribution is 2.27. The molecule has 1 N–H and O–H groups in total. The molecular formula is C15H10Br2N2O2. The molecule has 21 heavy (non-hydrogen) atoms. The fourth-order valence-electron chi connectivity index (χ4n) is 1.68. The molecule has 2 aromatic carbocycles. The molecule has 0 aromatic heterocycles. The number of nitrogens with one attached hydrogen (secondary N) is 1. The van der Waals surface area contributed by atoms with Gasteiger partial charge in [-0.2, -0.15) is 5.26 Å². The number of hydrogen-bond donors (Lipinski definition) is 1. The van der Waals surface area contributed by atoms with Crippen LogP contribution in [0.5, 0.6) is 5.75 Å². The van der Waals surface area contributed by atoms with Crippen molar-refractivity contribution in [3.8, 4) is 11.8 Å². The summed E-state index contributed by atoms with van der Waals surface area (Å²) in [5.41, 5.74) is 1.57. The van der Waals surface area contributed by atoms with Crippen LogP contribution < -0.4 is 10.1 Å². The van der Waals surface area contributed by atoms with E-state index in [2.05, 4.69) is 37.2 Å². The number of carbonyl (C=O) groups excluding carboxylic acids is 1. The minimum absolute atomic E-state index is 0.272. The molecule has 0 heterocycles. The number of methoxy groups -OCH3 is 1. The van der Waals surface area contributed by atoms with Crippen molar-refractivity contribution in [1.29, 1.82) is 5.26 Å². The third-order valence-corrected chi connectivity index (χ3v) is 4.11. The number of nitriles is 1. The van der Waals surface area contributed by atoms with Crippen LogP contribution in [0.3, 0.4) is 0 Å². The number of anilines is 1. The number of rotatable bonds is 3. The second kappa shape index (κ2) is 6.74. The van der Waals surface area contributed by atoms with Gasteiger partial charge in [-0.3, -0.25) is 4.79 Å². The number of hydrogen-bond acceptors (Lipinski definition) is 3. The van der Waals surface area contributed by atoms with Crippen LogP contribution in [0.15, 0.2) is 45.3 Å². The van der Waals surface area contributed by atoms with Crippen LogP contribution in [-0.2, 0) is 0 Å². The van der Waals surface area contributed by atoms with Crippen molar-refractivity contribution in [3.63, 3.8) is 0 Å². The molecule has 4 nitrogen and oxygen atoms in total. The highest BCUT2D eigenvalue weighted by Gasteiger charge is 2.13. The third kappa shape index (κ3) is 3.63. The molecule has 2 aromatic rings. The maximum Gasteiger partial charge on any atom is 0.256 e. The molecule has 0 fully saturated rings. The summed E-state index contributed by atoms with van der Waals surface area (Å²) in [5.74, 6) is 0.327. The van der Waals surface area contributed by atoms with E-state index in [4.69, 9.17) is 10.00 Å². The normalized spacial score (nSPS) is 9.81. The second-order valence-electron chi connectivity index (χ2n) is 4.11. The van der Waals surface area contributed by atoms with E-state index >= 15 is 0 Å². The van der Waals surface area contributed by atoms with Crippen molar-refractivity contribution < 1.29 is 9.53 Å². The summed E-state index contributed by atoms with van der Waals surface area (Å²) in [4.78, 5) is 12.3. The van der Waals surface area contributed by atoms with Gasteiger partial charge in [0, 0.05) is 8.95 Å². The van der Waals surface area contributed by atoms with Crippen LogP contribution in [0, 0.1) is 11.3 Å². The number of ether oxygens (including phenoxy) is 1. The fourth-order valence-corrected chi connectivity index (χ4v) is 2.59. The van der Waals surface area contributed by atoms with Gasteiger partial charge in [0.25, 0.3) is 5.91 Å². The van der Waals surface area contributed by atoms with Crippen molar-refractivity contribution >= 4 is 43.5 Å². The van der Waals surface area contributed by atoms with Crippen molar-refractivity contribution in [3.05, 3.63) is 56.5 Å². The Balaban J connectivity index is 2.28. The molecule has 0 aliphatic carbocycles. The fraction of sp³-hybridized carbons (Fsp3) is 0.0667. The van der Waals surface area contributed by atoms with Crippen molar-refractivity contribution in [1.82, 2.24) is 0 Å². The van der Waals surface area contributed by atoms with Gasteiger partial charge in [-0.25, -0.2) is 0 Å². The third-order valence-electron chi connectivity index (χ3n) is 2.76. The predicted molar refractivity (Wildman–Crippen MR) is 87.5 cm³/mol. The van der Waals surface area contributed by atoms with Crippen molar-refractivity contribution in [2.24, 2.45) is 0 Å². The lowest BCUT2D eigenvalue weighted by Gasteiger charge is -2.10. The largest absolute Gasteiger partial charge is 0.497 e. The van der Waals surface area contributed by atoms with Crippen LogP contribution in [0.4, 0.5) is 5.69 Å². The zero-order chi connectivity index (χ0) is 15.4. The van der Waals surface area contributed by atoms with E-state index < -0.39 is 0 Å². The summed E-state index contributed by atoms with van der Waals surface area (Å²) in [6, 6.07) is 12.2. The first-order chi connectivity index (χ1) is 10.0. The van der Waals surface area contributed by atoms with Crippen molar-refractivity contribution in [2.45, 2.75) is 0 Å². The highest BCUT2D eigenvalue weighted by atomic mass is 79.9. The van der Waals surface area contributed by atoms with Gasteiger partial charge in [0.2, 0.25) is 0 Å². The zero-order valence-electron chi connectivity index (χ0n) is 11.0. The average Bonchev–Trinajstić information content (AvgIpc) is 2.49. The molecule has 1 amide bonds. The van der Waals surface area contributed by atoms with E-state index in [9.17, 15) is 4.79 Å². The summed E-state index contributed by atoms with van der Waals surface area (Å²) in [7, 11) is 1.54. The first-order valence-electron chi connectivity index (χ1n) is 5.89. The van der Waals surface area contributed by atoms with E-state index in [1.807, 2.05) is 6.07 Å². The number of nitrogens with zero attached hydrogens (tertiary/aromatic N) is 1. The molecule has 0 aliphatic rings. The summed E-state index contributed by atoms with van der Waals surface area (Å²) < 4.78 is 6.44. The molecule has 0 unspecified atom stereocenters. The minimum Gasteiger partial charge on any atom is -0.497 e. The topological polar surface area (TPSA) is 62.1 Å². The number of benzene rings is 2. The van der Waals surface area contributed by atoms with Gasteiger partial charge in [0.1, 0.15) is 5.75 Å². The summed E-state index contributed by atoms with van der Waals surface area (Å²) >= 11 is 6.68. The van der Waals surface area contributed by atoms with Gasteiger partial charge in [0.05, 0.1) is 30.0 Å². The molecule has 0 bridgehead atoms. The zero-order valence-corrected chi connectivity index (χ0v) is 14.2. The van der Waals surface area contributed by atoms with Gasteiger partial charge in [-0.15, -0.1) is 0 Å². The van der Waals surface area contributed by atoms with E-state index in [1.54, 1.807) is 43.5 Å². The van der Waals surface area contributed by atoms with Crippen LogP contribution in [0.1, 0.15) is 15.9 Å². The Bertz CT molecular complexity index is 739. The van der Waals surface area contributed by atoms with E-state index in [1.165, 1.54) is 0 Å². The van der Waals surface area contributed by atoms with Crippen LogP contribution in [0.2, 0.25) is 0 Å². The molecule has 0 saturated heterocycles. The number of amides is 1. The Hall–Kier alpha value is -1.84. The second-order valence-corrected chi connectivity index (χ2v) is 5.82. The Labute approximate surface area is 139 Å². The monoisotopic (exact) mass is 408 g/mol. The predicted octanol–water partition coefficient (Wildman–Crippen LogP) is 4.34. The first kappa shape index (κ1) is 15.5. The highest BCUT2D eigenvalue weighted by molar-refractivity contribution is 9.11. The molecule has 106 valence electrons. The lowest BCUT2D eigenvalue weighted by molar-refractivity contribution is 0.102. The number of carbonyl (C=O) groups is 1. The molecule has 6 heteroatoms. The van der Waals surface area contributed by atoms with Gasteiger partial charge >= 0.3 is 0 Å². The summed E-state index contributed by atoms with van der Waals surface area (Å²) in [6.07, 6.45) is 0. The molecule has 0 spiro atoms. The van der Waals surface area contributed by atoms with E-state index in [0.29, 0.717) is 31.5 Å². The van der Waals surface area contributed by atoms with Gasteiger partial charge in [0.15, 0.2) is 0 Å². The van der Waals surface area contributed by atoms with Gasteiger partial charge in [-0.1, -0.05) is 0 Å². The summed E-state index contributed by atoms with van der Waals surface area (Å²) in [6.45, 7) is 0. The van der Waals surface area contributed by atoms with Crippen molar-refractivity contribution in [2.75, 3.05) is 12.4 Å². The van der Waals surface area contributed by atoms with Gasteiger partial charge in [-0.05, 0) is 68.3 Å². The molecular weight excluding hydrogens is 400 g/mol. The molecule has 0 saturated carbocycles. The Morgan fingerprint density at radius 1 is 1.19 bits per heavy atom. The molecule has 0 atom stereocenters. The summed E-state index contributed by atoms with van der Waals surface area (Å²) in [5, 5.41) is 11.6. The lowest BCUT2D eigenvalue weighted by Crippen LogP contribution is -2.13. The molecule has 2 rings (SSSR count). The SMILES string of the molecule is COc1ccc(Br)c(C(=O)Nc2ccc(C#N)cc2Br)c1. The van der Waals surface area contributed by atoms with E-state index in [0.717, 1.165) is 0 Å². The maximum absolute atomic E-state index is 12.3. The van der Waals surface area contributed by atoms with E-state index in [-0.39, 0.29) is 5.91 Å². The van der Waals surface area contributed by atoms with Crippen LogP contribution >= 0.6 is 31.9 Å². The first-order valence-corrected chi connectivity index (χ1v) is 7.48. The Morgan fingerprint density at radius 3 is 2.57 bits per heavy atom. The molecule has 0 aliphatic heterocycles. The van der Waals surface area contributed by atoms with Crippen LogP contribution in [-0.4, -0.2) is 13.0 Å². The maximum atomic E-state index is 12.3. The lowest BCUT2D eigenvalue weighted by atomic mass is 10.2. The average molecular weight is 410 g/mol. The Morgan fingerprint density at radius 2 is 1.95 bits per heavy atom.